The summed E-state index contributed by atoms with van der Waals surface area (Å²) in [5.74, 6) is 1.02. The molecular weight excluding hydrogens is 474 g/mol. The molecule has 0 radical (unpaired) electrons. The summed E-state index contributed by atoms with van der Waals surface area (Å²) in [5.41, 5.74) is 3.28. The van der Waals surface area contributed by atoms with E-state index in [0.717, 1.165) is 28.9 Å². The topological polar surface area (TPSA) is 104 Å². The van der Waals surface area contributed by atoms with Crippen molar-refractivity contribution in [1.82, 2.24) is 0 Å². The van der Waals surface area contributed by atoms with Crippen LogP contribution in [0.3, 0.4) is 0 Å². The molecule has 0 bridgehead atoms. The van der Waals surface area contributed by atoms with Gasteiger partial charge in [-0.15, -0.1) is 0 Å². The van der Waals surface area contributed by atoms with Gasteiger partial charge in [-0.25, -0.2) is 4.39 Å². The summed E-state index contributed by atoms with van der Waals surface area (Å²) in [5, 5.41) is 21.4. The fraction of sp³-hybridized carbons (Fsp3) is 0.222. The van der Waals surface area contributed by atoms with Crippen molar-refractivity contribution in [2.45, 2.75) is 25.9 Å². The summed E-state index contributed by atoms with van der Waals surface area (Å²) in [6.45, 7) is 2.10. The van der Waals surface area contributed by atoms with Crippen molar-refractivity contribution < 1.29 is 58.2 Å². The zero-order valence-corrected chi connectivity index (χ0v) is 22.5. The Balaban J connectivity index is 0.00000154. The van der Waals surface area contributed by atoms with Gasteiger partial charge in [-0.2, -0.15) is 5.26 Å². The van der Waals surface area contributed by atoms with Crippen molar-refractivity contribution in [3.8, 4) is 17.6 Å². The minimum atomic E-state index is -0.500. The molecule has 3 rings (SSSR count). The molecule has 3 aromatic carbocycles. The molecule has 36 heavy (non-hydrogen) atoms. The van der Waals surface area contributed by atoms with E-state index in [-0.39, 0.29) is 47.9 Å². The van der Waals surface area contributed by atoms with Gasteiger partial charge in [-0.1, -0.05) is 36.3 Å². The normalized spacial score (nSPS) is 11.0. The Labute approximate surface area is 232 Å². The Hall–Kier alpha value is -3.38. The number of ether oxygens (including phenoxy) is 2. The van der Waals surface area contributed by atoms with E-state index in [1.807, 2.05) is 55.5 Å². The van der Waals surface area contributed by atoms with Crippen LogP contribution in [0.5, 0.6) is 11.5 Å². The summed E-state index contributed by atoms with van der Waals surface area (Å²) in [6, 6.07) is 23.5. The number of benzene rings is 3. The van der Waals surface area contributed by atoms with E-state index in [1.54, 1.807) is 12.1 Å². The number of carbonyl (C=O) groups is 1. The average Bonchev–Trinajstić information content (AvgIpc) is 2.88. The Morgan fingerprint density at radius 2 is 1.58 bits per heavy atom. The Morgan fingerprint density at radius 1 is 1.03 bits per heavy atom. The van der Waals surface area contributed by atoms with Crippen LogP contribution in [0.15, 0.2) is 78.0 Å². The second-order valence-corrected chi connectivity index (χ2v) is 7.20. The molecule has 0 amide bonds. The Kier molecular flexibility index (Phi) is 14.6. The van der Waals surface area contributed by atoms with Gasteiger partial charge in [0.15, 0.2) is 0 Å². The molecule has 0 N–H and O–H groups in total. The predicted molar refractivity (Wildman–Crippen MR) is 127 cm³/mol. The number of nitrogens with zero attached hydrogens (tertiary/aromatic N) is 2. The maximum Gasteiger partial charge on any atom is 1.00 e. The van der Waals surface area contributed by atoms with E-state index in [0.29, 0.717) is 18.1 Å². The van der Waals surface area contributed by atoms with E-state index in [4.69, 9.17) is 29.5 Å². The molecule has 0 saturated carbocycles. The van der Waals surface area contributed by atoms with Crippen LogP contribution in [0, 0.1) is 17.1 Å². The van der Waals surface area contributed by atoms with E-state index in [9.17, 15) is 4.39 Å². The monoisotopic (exact) mass is 500 g/mol. The Bertz CT molecular complexity index is 1110. The average molecular weight is 501 g/mol. The molecule has 9 heteroatoms. The Morgan fingerprint density at radius 3 is 2.11 bits per heavy atom. The minimum Gasteiger partial charge on any atom is -0.554 e. The second kappa shape index (κ2) is 17.1. The smallest absolute Gasteiger partial charge is 0.554 e. The van der Waals surface area contributed by atoms with Crippen LogP contribution >= 0.6 is 0 Å². The number of oxime groups is 1. The first-order chi connectivity index (χ1) is 17.0. The maximum absolute atomic E-state index is 13.2. The van der Waals surface area contributed by atoms with Crippen molar-refractivity contribution in [2.75, 3.05) is 13.7 Å². The number of nitriles is 1. The maximum atomic E-state index is 13.2. The molecule has 0 aliphatic carbocycles. The fourth-order valence-electron chi connectivity index (χ4n) is 3.11. The van der Waals surface area contributed by atoms with Gasteiger partial charge in [0.2, 0.25) is 0 Å². The van der Waals surface area contributed by atoms with Gasteiger partial charge in [0.1, 0.15) is 43.4 Å². The van der Waals surface area contributed by atoms with Gasteiger partial charge < -0.3 is 24.2 Å². The van der Waals surface area contributed by atoms with E-state index < -0.39 is 6.47 Å². The minimum absolute atomic E-state index is 0. The molecule has 7 nitrogen and oxygen atoms in total. The largest absolute Gasteiger partial charge is 1.00 e. The van der Waals surface area contributed by atoms with Gasteiger partial charge >= 0.3 is 29.6 Å². The summed E-state index contributed by atoms with van der Waals surface area (Å²) in [4.78, 5) is 13.1. The quantitative estimate of drug-likeness (QED) is 0.180. The van der Waals surface area contributed by atoms with Gasteiger partial charge in [-0.05, 0) is 66.1 Å². The first-order valence-corrected chi connectivity index (χ1v) is 10.8. The summed E-state index contributed by atoms with van der Waals surface area (Å²) in [6.07, 6.45) is 0.786. The fourth-order valence-corrected chi connectivity index (χ4v) is 3.11. The van der Waals surface area contributed by atoms with E-state index >= 15 is 0 Å². The van der Waals surface area contributed by atoms with Gasteiger partial charge in [-0.3, -0.25) is 0 Å². The molecule has 0 aromatic heterocycles. The van der Waals surface area contributed by atoms with Crippen LogP contribution in [0.4, 0.5) is 4.39 Å². The van der Waals surface area contributed by atoms with Gasteiger partial charge in [0.05, 0.1) is 12.0 Å². The third-order valence-corrected chi connectivity index (χ3v) is 4.93. The van der Waals surface area contributed by atoms with Crippen LogP contribution in [0.1, 0.15) is 36.0 Å². The number of carboxylic acid groups (broad SMARTS) is 1. The number of hydrogen-bond acceptors (Lipinski definition) is 7. The van der Waals surface area contributed by atoms with Crippen molar-refractivity contribution in [1.29, 1.82) is 5.26 Å². The van der Waals surface area contributed by atoms with Gasteiger partial charge in [0, 0.05) is 12.0 Å². The van der Waals surface area contributed by atoms with Crippen LogP contribution < -0.4 is 44.1 Å². The predicted octanol–water partition coefficient (Wildman–Crippen LogP) is 1.22. The van der Waals surface area contributed by atoms with E-state index in [2.05, 4.69) is 11.2 Å². The number of rotatable bonds is 10. The molecule has 182 valence electrons. The number of hydrogen-bond donors (Lipinski definition) is 0. The summed E-state index contributed by atoms with van der Waals surface area (Å²) >= 11 is 0. The third-order valence-electron chi connectivity index (χ3n) is 4.93. The first kappa shape index (κ1) is 30.7. The molecule has 0 aliphatic heterocycles. The van der Waals surface area contributed by atoms with Crippen molar-refractivity contribution in [2.24, 2.45) is 5.16 Å². The summed E-state index contributed by atoms with van der Waals surface area (Å²) in [7, 11) is 1.46. The molecule has 1 unspecified atom stereocenters. The van der Waals surface area contributed by atoms with Crippen molar-refractivity contribution in [3.63, 3.8) is 0 Å². The molecule has 3 aromatic rings. The SMILES string of the molecule is CCC(C#N)c1ccc(OCc2ccc(OC/C(=N\OC)c3ccc(F)cc3)cc2)cc1.O=C[O-].[Na+]. The standard InChI is InChI=1S/C26H25FN2O3.CH2O2.Na/c1-3-20(16-28)21-8-14-25(15-9-21)31-17-19-4-12-24(13-5-19)32-18-26(29-30-2)22-6-10-23(27)11-7-22;2-1-3;/h4-15,20H,3,17-18H2,1-2H3;1H,(H,2,3);/q;;+1/p-1/b29-26+;;. The molecule has 1 atom stereocenters. The van der Waals surface area contributed by atoms with Crippen LogP contribution in [-0.2, 0) is 16.2 Å². The first-order valence-electron chi connectivity index (χ1n) is 10.8. The number of carbonyl (C=O) groups excluding carboxylic acids is 1. The van der Waals surface area contributed by atoms with Gasteiger partial charge in [0.25, 0.3) is 0 Å². The molecule has 0 saturated heterocycles. The number of halogens is 1. The van der Waals surface area contributed by atoms with Crippen LogP contribution in [0.2, 0.25) is 0 Å². The second-order valence-electron chi connectivity index (χ2n) is 7.20. The van der Waals surface area contributed by atoms with Crippen molar-refractivity contribution >= 4 is 12.2 Å². The molecule has 0 fully saturated rings. The molecule has 0 spiro atoms. The molecule has 0 heterocycles. The zero-order chi connectivity index (χ0) is 25.5. The van der Waals surface area contributed by atoms with Crippen LogP contribution in [-0.4, -0.2) is 25.9 Å². The molecule has 0 aliphatic rings. The molecular formula is C27H26FN2NaO5. The van der Waals surface area contributed by atoms with E-state index in [1.165, 1.54) is 19.2 Å². The van der Waals surface area contributed by atoms with Crippen molar-refractivity contribution in [3.05, 3.63) is 95.3 Å². The third kappa shape index (κ3) is 10.1. The van der Waals surface area contributed by atoms with Crippen LogP contribution in [0.25, 0.3) is 0 Å². The summed E-state index contributed by atoms with van der Waals surface area (Å²) < 4.78 is 24.8. The zero-order valence-electron chi connectivity index (χ0n) is 20.5.